The van der Waals surface area contributed by atoms with Gasteiger partial charge in [0, 0.05) is 11.3 Å². The molecule has 2 aromatic carbocycles. The van der Waals surface area contributed by atoms with Gasteiger partial charge < -0.3 is 10.1 Å². The third-order valence-electron chi connectivity index (χ3n) is 4.25. The molecule has 5 nitrogen and oxygen atoms in total. The molecule has 2 rings (SSSR count). The summed E-state index contributed by atoms with van der Waals surface area (Å²) in [5, 5.41) is 3.59. The maximum Gasteiger partial charge on any atom is 0.261 e. The lowest BCUT2D eigenvalue weighted by molar-refractivity contribution is -0.128. The van der Waals surface area contributed by atoms with Crippen molar-refractivity contribution >= 4 is 27.3 Å². The van der Waals surface area contributed by atoms with Gasteiger partial charge in [0.1, 0.15) is 5.75 Å². The number of hydrogen-bond acceptors (Lipinski definition) is 4. The van der Waals surface area contributed by atoms with Crippen LogP contribution in [0.25, 0.3) is 0 Å². The first-order chi connectivity index (χ1) is 12.6. The molecule has 27 heavy (non-hydrogen) atoms. The lowest BCUT2D eigenvalue weighted by Gasteiger charge is -2.21. The first kappa shape index (κ1) is 21.3. The van der Waals surface area contributed by atoms with E-state index in [0.717, 1.165) is 11.1 Å². The molecule has 146 valence electrons. The van der Waals surface area contributed by atoms with Crippen molar-refractivity contribution in [3.8, 4) is 5.75 Å². The maximum atomic E-state index is 12.5. The van der Waals surface area contributed by atoms with E-state index in [4.69, 9.17) is 16.3 Å². The Hall–Kier alpha value is -2.05. The number of nitrogens with one attached hydrogen (secondary N) is 1. The van der Waals surface area contributed by atoms with Crippen LogP contribution in [0.2, 0.25) is 5.02 Å². The van der Waals surface area contributed by atoms with Gasteiger partial charge in [-0.05, 0) is 61.7 Å². The number of carbonyl (C=O) groups is 1. The second-order valence-corrected chi connectivity index (χ2v) is 8.90. The molecule has 0 fully saturated rings. The van der Waals surface area contributed by atoms with Gasteiger partial charge in [0.25, 0.3) is 5.91 Å². The SMILES string of the molecule is CC[C@H](NC(=O)[C@H](C)Oc1ccc(Cl)c(C)c1)c1ccc(S(C)(=O)=O)cc1. The standard InChI is InChI=1S/C20H24ClNO4S/c1-5-19(15-6-9-17(10-7-15)27(4,24)25)22-20(23)14(3)26-16-8-11-18(21)13(2)12-16/h6-12,14,19H,5H2,1-4H3,(H,22,23)/t14-,19-/m0/s1. The maximum absolute atomic E-state index is 12.5. The van der Waals surface area contributed by atoms with Crippen molar-refractivity contribution in [1.29, 1.82) is 0 Å². The van der Waals surface area contributed by atoms with Gasteiger partial charge in [0.05, 0.1) is 10.9 Å². The van der Waals surface area contributed by atoms with E-state index >= 15 is 0 Å². The number of rotatable bonds is 7. The smallest absolute Gasteiger partial charge is 0.261 e. The molecule has 2 atom stereocenters. The van der Waals surface area contributed by atoms with Crippen molar-refractivity contribution in [3.63, 3.8) is 0 Å². The predicted molar refractivity (Wildman–Crippen MR) is 107 cm³/mol. The molecule has 0 aromatic heterocycles. The van der Waals surface area contributed by atoms with Gasteiger partial charge >= 0.3 is 0 Å². The summed E-state index contributed by atoms with van der Waals surface area (Å²) in [6.45, 7) is 5.50. The first-order valence-corrected chi connectivity index (χ1v) is 10.9. The van der Waals surface area contributed by atoms with Crippen LogP contribution in [0, 0.1) is 6.92 Å². The molecule has 0 spiro atoms. The van der Waals surface area contributed by atoms with E-state index in [0.29, 0.717) is 17.2 Å². The van der Waals surface area contributed by atoms with Crippen molar-refractivity contribution in [2.24, 2.45) is 0 Å². The van der Waals surface area contributed by atoms with Gasteiger partial charge in [-0.25, -0.2) is 8.42 Å². The molecule has 2 aromatic rings. The number of ether oxygens (including phenoxy) is 1. The highest BCUT2D eigenvalue weighted by molar-refractivity contribution is 7.90. The second-order valence-electron chi connectivity index (χ2n) is 6.48. The van der Waals surface area contributed by atoms with Gasteiger partial charge in [-0.15, -0.1) is 0 Å². The van der Waals surface area contributed by atoms with Gasteiger partial charge in [-0.2, -0.15) is 0 Å². The fourth-order valence-corrected chi connectivity index (χ4v) is 3.35. The Morgan fingerprint density at radius 1 is 1.19 bits per heavy atom. The Balaban J connectivity index is 2.06. The van der Waals surface area contributed by atoms with E-state index in [1.54, 1.807) is 49.4 Å². The summed E-state index contributed by atoms with van der Waals surface area (Å²) in [5.41, 5.74) is 1.71. The normalized spacial score (nSPS) is 13.7. The zero-order valence-electron chi connectivity index (χ0n) is 15.8. The Labute approximate surface area is 165 Å². The van der Waals surface area contributed by atoms with E-state index in [1.165, 1.54) is 6.26 Å². The molecule has 1 amide bonds. The molecule has 7 heteroatoms. The molecule has 0 saturated heterocycles. The molecule has 0 aliphatic carbocycles. The summed E-state index contributed by atoms with van der Waals surface area (Å²) in [5.74, 6) is 0.326. The van der Waals surface area contributed by atoms with Crippen LogP contribution >= 0.6 is 11.6 Å². The topological polar surface area (TPSA) is 72.5 Å². The van der Waals surface area contributed by atoms with Crippen LogP contribution in [0.5, 0.6) is 5.75 Å². The van der Waals surface area contributed by atoms with E-state index in [9.17, 15) is 13.2 Å². The quantitative estimate of drug-likeness (QED) is 0.747. The molecule has 0 heterocycles. The number of hydrogen-bond donors (Lipinski definition) is 1. The van der Waals surface area contributed by atoms with E-state index in [-0.39, 0.29) is 16.8 Å². The fraction of sp³-hybridized carbons (Fsp3) is 0.350. The largest absolute Gasteiger partial charge is 0.481 e. The third kappa shape index (κ3) is 5.71. The van der Waals surface area contributed by atoms with E-state index in [1.807, 2.05) is 13.8 Å². The van der Waals surface area contributed by atoms with Crippen molar-refractivity contribution in [3.05, 3.63) is 58.6 Å². The molecule has 0 radical (unpaired) electrons. The van der Waals surface area contributed by atoms with Crippen LogP contribution in [0.4, 0.5) is 0 Å². The van der Waals surface area contributed by atoms with Crippen molar-refractivity contribution in [2.45, 2.75) is 44.2 Å². The molecule has 0 bridgehead atoms. The Morgan fingerprint density at radius 2 is 1.81 bits per heavy atom. The van der Waals surface area contributed by atoms with Crippen LogP contribution in [0.3, 0.4) is 0 Å². The molecule has 0 unspecified atom stereocenters. The van der Waals surface area contributed by atoms with Gasteiger partial charge in [-0.3, -0.25) is 4.79 Å². The zero-order chi connectivity index (χ0) is 20.2. The Kier molecular flexibility index (Phi) is 6.89. The summed E-state index contributed by atoms with van der Waals surface area (Å²) >= 11 is 6.00. The highest BCUT2D eigenvalue weighted by Crippen LogP contribution is 2.23. The summed E-state index contributed by atoms with van der Waals surface area (Å²) < 4.78 is 28.9. The van der Waals surface area contributed by atoms with Gasteiger partial charge in [0.15, 0.2) is 15.9 Å². The van der Waals surface area contributed by atoms with Crippen molar-refractivity contribution in [1.82, 2.24) is 5.32 Å². The molecule has 0 aliphatic rings. The lowest BCUT2D eigenvalue weighted by Crippen LogP contribution is -2.38. The van der Waals surface area contributed by atoms with E-state index in [2.05, 4.69) is 5.32 Å². The van der Waals surface area contributed by atoms with Crippen LogP contribution < -0.4 is 10.1 Å². The zero-order valence-corrected chi connectivity index (χ0v) is 17.4. The van der Waals surface area contributed by atoms with Crippen LogP contribution in [0.1, 0.15) is 37.4 Å². The number of halogens is 1. The summed E-state index contributed by atoms with van der Waals surface area (Å²) in [6.07, 6.45) is 1.14. The second kappa shape index (κ2) is 8.76. The summed E-state index contributed by atoms with van der Waals surface area (Å²) in [7, 11) is -3.25. The Morgan fingerprint density at radius 3 is 2.33 bits per heavy atom. The molecule has 0 aliphatic heterocycles. The minimum absolute atomic E-state index is 0.232. The van der Waals surface area contributed by atoms with Gasteiger partial charge in [0.2, 0.25) is 0 Å². The monoisotopic (exact) mass is 409 g/mol. The first-order valence-electron chi connectivity index (χ1n) is 8.65. The van der Waals surface area contributed by atoms with E-state index < -0.39 is 15.9 Å². The van der Waals surface area contributed by atoms with Crippen molar-refractivity contribution < 1.29 is 17.9 Å². The lowest BCUT2D eigenvalue weighted by atomic mass is 10.0. The van der Waals surface area contributed by atoms with Crippen LogP contribution in [0.15, 0.2) is 47.4 Å². The summed E-state index contributed by atoms with van der Waals surface area (Å²) in [6, 6.07) is 11.6. The highest BCUT2D eigenvalue weighted by atomic mass is 35.5. The number of carbonyl (C=O) groups excluding carboxylic acids is 1. The molecular weight excluding hydrogens is 386 g/mol. The fourth-order valence-electron chi connectivity index (χ4n) is 2.61. The highest BCUT2D eigenvalue weighted by Gasteiger charge is 2.20. The van der Waals surface area contributed by atoms with Crippen LogP contribution in [-0.4, -0.2) is 26.7 Å². The molecule has 1 N–H and O–H groups in total. The minimum atomic E-state index is -3.25. The predicted octanol–water partition coefficient (Wildman–Crippen LogP) is 4.09. The average Bonchev–Trinajstić information content (AvgIpc) is 2.62. The third-order valence-corrected chi connectivity index (χ3v) is 5.80. The minimum Gasteiger partial charge on any atom is -0.481 e. The molecular formula is C20H24ClNO4S. The molecule has 0 saturated carbocycles. The Bertz CT molecular complexity index is 910. The number of amides is 1. The number of sulfone groups is 1. The van der Waals surface area contributed by atoms with Gasteiger partial charge in [-0.1, -0.05) is 30.7 Å². The number of benzene rings is 2. The van der Waals surface area contributed by atoms with Crippen molar-refractivity contribution in [2.75, 3.05) is 6.26 Å². The number of aryl methyl sites for hydroxylation is 1. The van der Waals surface area contributed by atoms with Crippen LogP contribution in [-0.2, 0) is 14.6 Å². The summed E-state index contributed by atoms with van der Waals surface area (Å²) in [4.78, 5) is 12.8. The average molecular weight is 410 g/mol.